The quantitative estimate of drug-likeness (QED) is 0.487. The monoisotopic (exact) mass is 537 g/mol. The zero-order valence-corrected chi connectivity index (χ0v) is 23.7. The molecule has 3 aromatic heterocycles. The van der Waals surface area contributed by atoms with Crippen molar-refractivity contribution in [3.05, 3.63) is 39.8 Å². The highest BCUT2D eigenvalue weighted by Crippen LogP contribution is 2.37. The van der Waals surface area contributed by atoms with Crippen LogP contribution in [0, 0.1) is 17.1 Å². The molecule has 5 rings (SSSR count). The Kier molecular flexibility index (Phi) is 6.79. The van der Waals surface area contributed by atoms with Gasteiger partial charge in [-0.05, 0) is 53.7 Å². The third-order valence-electron chi connectivity index (χ3n) is 7.86. The van der Waals surface area contributed by atoms with E-state index in [1.54, 1.807) is 7.05 Å². The topological polar surface area (TPSA) is 101 Å². The van der Waals surface area contributed by atoms with E-state index in [1.807, 2.05) is 49.3 Å². The molecular weight excluding hydrogens is 501 g/mol. The number of aromatic nitrogens is 4. The zero-order chi connectivity index (χ0) is 28.2. The number of anilines is 1. The van der Waals surface area contributed by atoms with Crippen LogP contribution in [0.1, 0.15) is 59.1 Å². The fourth-order valence-corrected chi connectivity index (χ4v) is 5.81. The lowest BCUT2D eigenvalue weighted by molar-refractivity contribution is 0.0153. The van der Waals surface area contributed by atoms with Crippen LogP contribution in [-0.2, 0) is 20.0 Å². The normalized spacial score (nSPS) is 21.7. The lowest BCUT2D eigenvalue weighted by atomic mass is 10.0. The summed E-state index contributed by atoms with van der Waals surface area (Å²) >= 11 is 0. The summed E-state index contributed by atoms with van der Waals surface area (Å²) in [5.41, 5.74) is 0.879. The summed E-state index contributed by atoms with van der Waals surface area (Å²) < 4.78 is 30.7. The van der Waals surface area contributed by atoms with Crippen molar-refractivity contribution in [2.75, 3.05) is 24.6 Å². The maximum Gasteiger partial charge on any atom is 0.290 e. The first-order valence-corrected chi connectivity index (χ1v) is 13.5. The summed E-state index contributed by atoms with van der Waals surface area (Å²) in [6.45, 7) is 14.2. The summed E-state index contributed by atoms with van der Waals surface area (Å²) in [4.78, 5) is 26.8. The molecule has 10 nitrogen and oxygen atoms in total. The molecule has 2 aliphatic rings. The van der Waals surface area contributed by atoms with Crippen LogP contribution in [0.2, 0.25) is 0 Å². The van der Waals surface area contributed by atoms with Gasteiger partial charge < -0.3 is 18.9 Å². The number of halogens is 1. The molecule has 5 heterocycles. The number of aryl methyl sites for hydroxylation is 2. The highest BCUT2D eigenvalue weighted by Gasteiger charge is 2.37. The van der Waals surface area contributed by atoms with Gasteiger partial charge in [0.15, 0.2) is 5.75 Å². The molecule has 2 aliphatic heterocycles. The van der Waals surface area contributed by atoms with Crippen LogP contribution in [0.4, 0.5) is 10.1 Å². The van der Waals surface area contributed by atoms with Crippen LogP contribution in [-0.4, -0.2) is 61.4 Å². The van der Waals surface area contributed by atoms with Gasteiger partial charge >= 0.3 is 0 Å². The molecule has 3 aromatic rings. The number of fused-ring (bicyclic) bond motifs is 2. The van der Waals surface area contributed by atoms with Crippen LogP contribution in [0.5, 0.6) is 11.6 Å². The molecule has 0 aromatic carbocycles. The van der Waals surface area contributed by atoms with Gasteiger partial charge in [-0.15, -0.1) is 0 Å². The van der Waals surface area contributed by atoms with Gasteiger partial charge in [-0.25, -0.2) is 9.97 Å². The number of imidazole rings is 1. The molecule has 0 bridgehead atoms. The van der Waals surface area contributed by atoms with E-state index in [0.717, 1.165) is 5.69 Å². The van der Waals surface area contributed by atoms with E-state index >= 15 is 4.39 Å². The Morgan fingerprint density at radius 2 is 1.97 bits per heavy atom. The smallest absolute Gasteiger partial charge is 0.290 e. The first-order chi connectivity index (χ1) is 18.5. The Morgan fingerprint density at radius 3 is 2.67 bits per heavy atom. The minimum Gasteiger partial charge on any atom is -0.484 e. The number of nitriles is 1. The van der Waals surface area contributed by atoms with Gasteiger partial charge in [-0.3, -0.25) is 14.3 Å². The maximum atomic E-state index is 15.7. The third-order valence-corrected chi connectivity index (χ3v) is 7.86. The van der Waals surface area contributed by atoms with E-state index in [1.165, 1.54) is 4.57 Å². The number of pyridine rings is 2. The largest absolute Gasteiger partial charge is 0.484 e. The van der Waals surface area contributed by atoms with Crippen molar-refractivity contribution in [1.82, 2.24) is 24.0 Å². The molecule has 39 heavy (non-hydrogen) atoms. The van der Waals surface area contributed by atoms with E-state index < -0.39 is 17.0 Å². The minimum absolute atomic E-state index is 0.0213. The van der Waals surface area contributed by atoms with E-state index in [-0.39, 0.29) is 30.2 Å². The van der Waals surface area contributed by atoms with Crippen LogP contribution >= 0.6 is 0 Å². The second-order valence-electron chi connectivity index (χ2n) is 11.2. The maximum absolute atomic E-state index is 15.7. The molecular formula is C28H36FN7O3. The summed E-state index contributed by atoms with van der Waals surface area (Å²) in [6.07, 6.45) is 0.0781. The second-order valence-corrected chi connectivity index (χ2v) is 11.2. The molecule has 1 saturated heterocycles. The van der Waals surface area contributed by atoms with Crippen molar-refractivity contribution in [3.63, 3.8) is 0 Å². The van der Waals surface area contributed by atoms with Gasteiger partial charge in [0.25, 0.3) is 11.4 Å². The van der Waals surface area contributed by atoms with E-state index in [2.05, 4.69) is 29.8 Å². The molecule has 0 saturated carbocycles. The lowest BCUT2D eigenvalue weighted by Gasteiger charge is -2.47. The molecule has 3 atom stereocenters. The number of ether oxygens (including phenoxy) is 2. The number of nitrogens with zero attached hydrogens (tertiary/aromatic N) is 7. The van der Waals surface area contributed by atoms with E-state index in [9.17, 15) is 10.1 Å². The molecule has 0 spiro atoms. The van der Waals surface area contributed by atoms with Gasteiger partial charge in [0, 0.05) is 44.8 Å². The predicted octanol–water partition coefficient (Wildman–Crippen LogP) is 3.57. The van der Waals surface area contributed by atoms with Crippen molar-refractivity contribution in [2.24, 2.45) is 7.05 Å². The van der Waals surface area contributed by atoms with Crippen molar-refractivity contribution in [2.45, 2.75) is 78.2 Å². The van der Waals surface area contributed by atoms with E-state index in [0.29, 0.717) is 54.9 Å². The summed E-state index contributed by atoms with van der Waals surface area (Å²) in [5, 5.41) is 9.32. The van der Waals surface area contributed by atoms with Gasteiger partial charge in [0.05, 0.1) is 18.2 Å². The molecule has 0 amide bonds. The average molecular weight is 538 g/mol. The number of hydrogen-bond donors (Lipinski definition) is 0. The highest BCUT2D eigenvalue weighted by atomic mass is 19.1. The number of hydrogen-bond acceptors (Lipinski definition) is 8. The molecule has 11 heteroatoms. The zero-order valence-electron chi connectivity index (χ0n) is 23.7. The van der Waals surface area contributed by atoms with Crippen molar-refractivity contribution in [3.8, 4) is 17.7 Å². The molecule has 0 N–H and O–H groups in total. The summed E-state index contributed by atoms with van der Waals surface area (Å²) in [7, 11) is 1.55. The molecule has 1 fully saturated rings. The Labute approximate surface area is 227 Å². The van der Waals surface area contributed by atoms with Gasteiger partial charge in [-0.2, -0.15) is 9.65 Å². The minimum atomic E-state index is -0.814. The van der Waals surface area contributed by atoms with Crippen molar-refractivity contribution < 1.29 is 13.9 Å². The Bertz CT molecular complexity index is 1520. The predicted molar refractivity (Wildman–Crippen MR) is 146 cm³/mol. The first kappa shape index (κ1) is 26.9. The van der Waals surface area contributed by atoms with Gasteiger partial charge in [-0.1, -0.05) is 0 Å². The highest BCUT2D eigenvalue weighted by molar-refractivity contribution is 5.88. The fraction of sp³-hybridized carbons (Fsp3) is 0.571. The SMILES string of the molecule is CCn1c(CC#N)nc2c(N3C[C@@H](C)N(C(C)c4ccc5c(n4)OC(C)(C)CO5)C[C@@H]3C)c(F)c(=O)n(C)c21. The van der Waals surface area contributed by atoms with Crippen LogP contribution in [0.15, 0.2) is 16.9 Å². The van der Waals surface area contributed by atoms with Crippen LogP contribution in [0.3, 0.4) is 0 Å². The number of piperazine rings is 1. The standard InChI is InChI=1S/C28H36FN7O3/c1-8-34-21(11-12-30)32-23-24(22(29)27(37)33(7)26(23)34)36-14-16(2)35(13-17(36)3)18(4)19-9-10-20-25(31-19)39-28(5,6)15-38-20/h9-10,16-18H,8,11,13-15H2,1-7H3/t16-,17+,18?/m1/s1. The Balaban J connectivity index is 1.48. The first-order valence-electron chi connectivity index (χ1n) is 13.5. The number of rotatable bonds is 5. The van der Waals surface area contributed by atoms with Gasteiger partial charge in [0.1, 0.15) is 34.9 Å². The van der Waals surface area contributed by atoms with Crippen molar-refractivity contribution in [1.29, 1.82) is 5.26 Å². The lowest BCUT2D eigenvalue weighted by Crippen LogP contribution is -2.57. The molecule has 1 unspecified atom stereocenters. The molecule has 0 aliphatic carbocycles. The average Bonchev–Trinajstić information content (AvgIpc) is 3.25. The van der Waals surface area contributed by atoms with E-state index in [4.69, 9.17) is 14.5 Å². The Hall–Kier alpha value is -3.65. The Morgan fingerprint density at radius 1 is 1.23 bits per heavy atom. The second kappa shape index (κ2) is 9.83. The molecule has 0 radical (unpaired) electrons. The van der Waals surface area contributed by atoms with Crippen LogP contribution < -0.4 is 19.9 Å². The summed E-state index contributed by atoms with van der Waals surface area (Å²) in [5.74, 6) is 0.853. The molecule has 208 valence electrons. The van der Waals surface area contributed by atoms with Crippen LogP contribution in [0.25, 0.3) is 11.2 Å². The fourth-order valence-electron chi connectivity index (χ4n) is 5.81. The van der Waals surface area contributed by atoms with Crippen molar-refractivity contribution >= 4 is 16.9 Å². The summed E-state index contributed by atoms with van der Waals surface area (Å²) in [6, 6.07) is 5.88. The van der Waals surface area contributed by atoms with Gasteiger partial charge in [0.2, 0.25) is 5.82 Å². The third kappa shape index (κ3) is 4.50.